The fraction of sp³-hybridized carbons (Fsp3) is 0.400. The molecule has 1 unspecified atom stereocenters. The SMILES string of the molecule is CNCc1sc(C2COc3ccccc3O2)nc1COC. The number of nitrogens with zero attached hydrogens (tertiary/aromatic N) is 1. The molecular formula is C15H18N2O3S. The molecule has 0 radical (unpaired) electrons. The van der Waals surface area contributed by atoms with Crippen molar-refractivity contribution < 1.29 is 14.2 Å². The summed E-state index contributed by atoms with van der Waals surface area (Å²) in [4.78, 5) is 5.84. The molecule has 1 aromatic carbocycles. The van der Waals surface area contributed by atoms with Crippen LogP contribution in [-0.2, 0) is 17.9 Å². The van der Waals surface area contributed by atoms with Crippen LogP contribution in [0.3, 0.4) is 0 Å². The van der Waals surface area contributed by atoms with Crippen molar-refractivity contribution in [3.63, 3.8) is 0 Å². The minimum Gasteiger partial charge on any atom is -0.485 e. The highest BCUT2D eigenvalue weighted by molar-refractivity contribution is 7.11. The first-order valence-electron chi connectivity index (χ1n) is 6.82. The molecule has 1 atom stereocenters. The number of para-hydroxylation sites is 2. The Morgan fingerprint density at radius 3 is 2.95 bits per heavy atom. The predicted molar refractivity (Wildman–Crippen MR) is 80.9 cm³/mol. The fourth-order valence-electron chi connectivity index (χ4n) is 2.23. The van der Waals surface area contributed by atoms with E-state index in [9.17, 15) is 0 Å². The highest BCUT2D eigenvalue weighted by Gasteiger charge is 2.26. The van der Waals surface area contributed by atoms with E-state index in [4.69, 9.17) is 14.2 Å². The number of thiazole rings is 1. The smallest absolute Gasteiger partial charge is 0.184 e. The van der Waals surface area contributed by atoms with Crippen LogP contribution in [0.4, 0.5) is 0 Å². The summed E-state index contributed by atoms with van der Waals surface area (Å²) in [5, 5.41) is 4.09. The lowest BCUT2D eigenvalue weighted by Crippen LogP contribution is -2.21. The van der Waals surface area contributed by atoms with Gasteiger partial charge in [0, 0.05) is 18.5 Å². The standard InChI is InChI=1S/C15H18N2O3S/c1-16-7-14-10(8-18-2)17-15(21-14)13-9-19-11-5-3-4-6-12(11)20-13/h3-6,13,16H,7-9H2,1-2H3. The maximum absolute atomic E-state index is 6.00. The predicted octanol–water partition coefficient (Wildman–Crippen LogP) is 2.52. The van der Waals surface area contributed by atoms with Crippen molar-refractivity contribution in [2.75, 3.05) is 20.8 Å². The molecule has 0 aliphatic carbocycles. The molecule has 1 aromatic heterocycles. The Morgan fingerprint density at radius 2 is 2.19 bits per heavy atom. The topological polar surface area (TPSA) is 52.6 Å². The highest BCUT2D eigenvalue weighted by atomic mass is 32.1. The molecule has 3 rings (SSSR count). The van der Waals surface area contributed by atoms with Gasteiger partial charge in [0.2, 0.25) is 0 Å². The molecule has 0 spiro atoms. The molecule has 0 fully saturated rings. The van der Waals surface area contributed by atoms with Gasteiger partial charge in [0.1, 0.15) is 11.6 Å². The zero-order chi connectivity index (χ0) is 14.7. The summed E-state index contributed by atoms with van der Waals surface area (Å²) >= 11 is 1.65. The van der Waals surface area contributed by atoms with Gasteiger partial charge >= 0.3 is 0 Å². The minimum absolute atomic E-state index is 0.161. The Labute approximate surface area is 127 Å². The van der Waals surface area contributed by atoms with E-state index in [1.807, 2.05) is 31.3 Å². The van der Waals surface area contributed by atoms with E-state index < -0.39 is 0 Å². The van der Waals surface area contributed by atoms with Gasteiger partial charge in [-0.15, -0.1) is 11.3 Å². The van der Waals surface area contributed by atoms with Crippen molar-refractivity contribution in [2.24, 2.45) is 0 Å². The highest BCUT2D eigenvalue weighted by Crippen LogP contribution is 2.37. The third-order valence-electron chi connectivity index (χ3n) is 3.20. The lowest BCUT2D eigenvalue weighted by molar-refractivity contribution is 0.0906. The van der Waals surface area contributed by atoms with E-state index in [0.29, 0.717) is 13.2 Å². The summed E-state index contributed by atoms with van der Waals surface area (Å²) in [6.07, 6.45) is -0.161. The Kier molecular flexibility index (Phi) is 4.38. The number of fused-ring (bicyclic) bond motifs is 1. The van der Waals surface area contributed by atoms with Gasteiger partial charge in [-0.3, -0.25) is 0 Å². The number of hydrogen-bond donors (Lipinski definition) is 1. The molecular weight excluding hydrogens is 288 g/mol. The maximum Gasteiger partial charge on any atom is 0.184 e. The summed E-state index contributed by atoms with van der Waals surface area (Å²) < 4.78 is 17.0. The Balaban J connectivity index is 1.83. The first-order chi connectivity index (χ1) is 10.3. The van der Waals surface area contributed by atoms with Crippen LogP contribution in [-0.4, -0.2) is 25.7 Å². The van der Waals surface area contributed by atoms with Crippen molar-refractivity contribution in [3.05, 3.63) is 39.8 Å². The molecule has 21 heavy (non-hydrogen) atoms. The van der Waals surface area contributed by atoms with Crippen LogP contribution in [0.2, 0.25) is 0 Å². The summed E-state index contributed by atoms with van der Waals surface area (Å²) in [5.41, 5.74) is 0.967. The average Bonchev–Trinajstić information content (AvgIpc) is 2.91. The Bertz CT molecular complexity index is 591. The van der Waals surface area contributed by atoms with Gasteiger partial charge in [-0.2, -0.15) is 0 Å². The number of benzene rings is 1. The molecule has 0 saturated heterocycles. The molecule has 2 heterocycles. The van der Waals surface area contributed by atoms with Crippen molar-refractivity contribution in [2.45, 2.75) is 19.3 Å². The van der Waals surface area contributed by atoms with Gasteiger partial charge in [-0.1, -0.05) is 12.1 Å². The fourth-order valence-corrected chi connectivity index (χ4v) is 3.33. The molecule has 1 N–H and O–H groups in total. The summed E-state index contributed by atoms with van der Waals surface area (Å²) in [5.74, 6) is 1.56. The Hall–Kier alpha value is -1.63. The summed E-state index contributed by atoms with van der Waals surface area (Å²) in [6, 6.07) is 7.71. The van der Waals surface area contributed by atoms with Gasteiger partial charge in [0.25, 0.3) is 0 Å². The van der Waals surface area contributed by atoms with Gasteiger partial charge in [-0.05, 0) is 19.2 Å². The minimum atomic E-state index is -0.161. The monoisotopic (exact) mass is 306 g/mol. The number of nitrogens with one attached hydrogen (secondary N) is 1. The third kappa shape index (κ3) is 3.02. The molecule has 5 nitrogen and oxygen atoms in total. The molecule has 1 aliphatic rings. The molecule has 0 amide bonds. The van der Waals surface area contributed by atoms with Crippen LogP contribution in [0.5, 0.6) is 11.5 Å². The van der Waals surface area contributed by atoms with Gasteiger partial charge in [0.05, 0.1) is 12.3 Å². The van der Waals surface area contributed by atoms with E-state index in [2.05, 4.69) is 10.3 Å². The van der Waals surface area contributed by atoms with Crippen molar-refractivity contribution in [1.82, 2.24) is 10.3 Å². The number of ether oxygens (including phenoxy) is 3. The number of hydrogen-bond acceptors (Lipinski definition) is 6. The zero-order valence-corrected chi connectivity index (χ0v) is 12.9. The largest absolute Gasteiger partial charge is 0.485 e. The van der Waals surface area contributed by atoms with E-state index in [-0.39, 0.29) is 6.10 Å². The molecule has 1 aliphatic heterocycles. The van der Waals surface area contributed by atoms with Crippen LogP contribution in [0.15, 0.2) is 24.3 Å². The number of rotatable bonds is 5. The van der Waals surface area contributed by atoms with Crippen LogP contribution in [0.25, 0.3) is 0 Å². The second-order valence-corrected chi connectivity index (χ2v) is 5.86. The maximum atomic E-state index is 6.00. The van der Waals surface area contributed by atoms with Gasteiger partial charge < -0.3 is 19.5 Å². The van der Waals surface area contributed by atoms with Crippen molar-refractivity contribution in [3.8, 4) is 11.5 Å². The molecule has 6 heteroatoms. The second-order valence-electron chi connectivity index (χ2n) is 4.75. The lowest BCUT2D eigenvalue weighted by Gasteiger charge is -2.24. The molecule has 0 saturated carbocycles. The number of aromatic nitrogens is 1. The van der Waals surface area contributed by atoms with Crippen molar-refractivity contribution in [1.29, 1.82) is 0 Å². The zero-order valence-electron chi connectivity index (χ0n) is 12.1. The quantitative estimate of drug-likeness (QED) is 0.920. The molecule has 2 aromatic rings. The van der Waals surface area contributed by atoms with Crippen LogP contribution in [0.1, 0.15) is 21.7 Å². The van der Waals surface area contributed by atoms with Crippen LogP contribution < -0.4 is 14.8 Å². The first-order valence-corrected chi connectivity index (χ1v) is 7.64. The third-order valence-corrected chi connectivity index (χ3v) is 4.39. The molecule has 112 valence electrons. The summed E-state index contributed by atoms with van der Waals surface area (Å²) in [7, 11) is 3.60. The van der Waals surface area contributed by atoms with E-state index >= 15 is 0 Å². The normalized spacial score (nSPS) is 17.0. The summed E-state index contributed by atoms with van der Waals surface area (Å²) in [6.45, 7) is 1.77. The van der Waals surface area contributed by atoms with Crippen LogP contribution in [0, 0.1) is 0 Å². The van der Waals surface area contributed by atoms with Crippen molar-refractivity contribution >= 4 is 11.3 Å². The van der Waals surface area contributed by atoms with E-state index in [1.165, 1.54) is 4.88 Å². The van der Waals surface area contributed by atoms with E-state index in [0.717, 1.165) is 28.7 Å². The average molecular weight is 306 g/mol. The Morgan fingerprint density at radius 1 is 1.38 bits per heavy atom. The molecule has 0 bridgehead atoms. The first kappa shape index (κ1) is 14.3. The lowest BCUT2D eigenvalue weighted by atomic mass is 10.2. The number of methoxy groups -OCH3 is 1. The van der Waals surface area contributed by atoms with Gasteiger partial charge in [0.15, 0.2) is 17.6 Å². The van der Waals surface area contributed by atoms with Gasteiger partial charge in [-0.25, -0.2) is 4.98 Å². The second kappa shape index (κ2) is 6.43. The van der Waals surface area contributed by atoms with Crippen LogP contribution >= 0.6 is 11.3 Å². The van der Waals surface area contributed by atoms with E-state index in [1.54, 1.807) is 18.4 Å².